The molecule has 2 aromatic rings. The van der Waals surface area contributed by atoms with Gasteiger partial charge in [0.1, 0.15) is 0 Å². The third-order valence-corrected chi connectivity index (χ3v) is 4.78. The van der Waals surface area contributed by atoms with Crippen molar-refractivity contribution in [2.75, 3.05) is 26.7 Å². The van der Waals surface area contributed by atoms with E-state index < -0.39 is 12.7 Å². The number of carbonyl (C=O) groups is 1. The Morgan fingerprint density at radius 2 is 1.96 bits per heavy atom. The lowest BCUT2D eigenvalue weighted by Gasteiger charge is -2.18. The van der Waals surface area contributed by atoms with Gasteiger partial charge in [0, 0.05) is 35.2 Å². The van der Waals surface area contributed by atoms with Gasteiger partial charge >= 0.3 is 6.18 Å². The molecule has 1 aromatic carbocycles. The highest BCUT2D eigenvalue weighted by molar-refractivity contribution is 7.98. The number of rotatable bonds is 9. The van der Waals surface area contributed by atoms with E-state index in [9.17, 15) is 18.0 Å². The fraction of sp³-hybridized carbons (Fsp3) is 0.368. The van der Waals surface area contributed by atoms with Crippen LogP contribution < -0.4 is 5.32 Å². The summed E-state index contributed by atoms with van der Waals surface area (Å²) in [6, 6.07) is 11.2. The Morgan fingerprint density at radius 1 is 1.22 bits per heavy atom. The quantitative estimate of drug-likeness (QED) is 0.513. The fourth-order valence-electron chi connectivity index (χ4n) is 2.39. The van der Waals surface area contributed by atoms with E-state index in [0.29, 0.717) is 18.5 Å². The highest BCUT2D eigenvalue weighted by Gasteiger charge is 2.28. The Kier molecular flexibility index (Phi) is 8.12. The maximum atomic E-state index is 12.2. The minimum Gasteiger partial charge on any atom is -0.352 e. The molecular weight excluding hydrogens is 375 g/mol. The number of halogens is 3. The monoisotopic (exact) mass is 397 g/mol. The van der Waals surface area contributed by atoms with Gasteiger partial charge in [0.15, 0.2) is 0 Å². The fourth-order valence-corrected chi connectivity index (χ4v) is 3.22. The Balaban J connectivity index is 1.70. The van der Waals surface area contributed by atoms with Crippen molar-refractivity contribution < 1.29 is 18.0 Å². The lowest BCUT2D eigenvalue weighted by Crippen LogP contribution is -2.33. The van der Waals surface area contributed by atoms with Crippen molar-refractivity contribution in [3.05, 3.63) is 59.9 Å². The summed E-state index contributed by atoms with van der Waals surface area (Å²) in [6.07, 6.45) is -0.191. The molecule has 146 valence electrons. The smallest absolute Gasteiger partial charge is 0.352 e. The summed E-state index contributed by atoms with van der Waals surface area (Å²) in [5, 5.41) is 2.73. The molecule has 0 saturated carbocycles. The zero-order valence-corrected chi connectivity index (χ0v) is 15.8. The SMILES string of the molecule is CN(CCCNC(=O)c1ccc(SCc2cccnc2)cc1)CC(F)(F)F. The van der Waals surface area contributed by atoms with Gasteiger partial charge in [-0.1, -0.05) is 6.07 Å². The number of aromatic nitrogens is 1. The van der Waals surface area contributed by atoms with Gasteiger partial charge in [-0.2, -0.15) is 13.2 Å². The van der Waals surface area contributed by atoms with Crippen LogP contribution in [0.1, 0.15) is 22.3 Å². The number of thioether (sulfide) groups is 1. The number of nitrogens with zero attached hydrogens (tertiary/aromatic N) is 2. The predicted octanol–water partition coefficient (Wildman–Crippen LogP) is 3.99. The molecule has 1 heterocycles. The number of hydrogen-bond donors (Lipinski definition) is 1. The van der Waals surface area contributed by atoms with E-state index in [0.717, 1.165) is 16.2 Å². The van der Waals surface area contributed by atoms with E-state index in [4.69, 9.17) is 0 Å². The van der Waals surface area contributed by atoms with Crippen molar-refractivity contribution in [3.63, 3.8) is 0 Å². The summed E-state index contributed by atoms with van der Waals surface area (Å²) in [5.74, 6) is 0.572. The first-order chi connectivity index (χ1) is 12.8. The number of pyridine rings is 1. The Bertz CT molecular complexity index is 708. The number of amides is 1. The molecule has 8 heteroatoms. The number of alkyl halides is 3. The van der Waals surface area contributed by atoms with Gasteiger partial charge in [-0.05, 0) is 55.9 Å². The van der Waals surface area contributed by atoms with Gasteiger partial charge in [-0.25, -0.2) is 0 Å². The third-order valence-electron chi connectivity index (χ3n) is 3.70. The zero-order valence-electron chi connectivity index (χ0n) is 15.0. The molecule has 0 spiro atoms. The van der Waals surface area contributed by atoms with Crippen molar-refractivity contribution in [2.45, 2.75) is 23.2 Å². The predicted molar refractivity (Wildman–Crippen MR) is 101 cm³/mol. The van der Waals surface area contributed by atoms with Gasteiger partial charge in [-0.3, -0.25) is 14.7 Å². The molecule has 0 fully saturated rings. The lowest BCUT2D eigenvalue weighted by molar-refractivity contribution is -0.143. The third kappa shape index (κ3) is 8.45. The molecule has 1 aromatic heterocycles. The van der Waals surface area contributed by atoms with Gasteiger partial charge in [0.25, 0.3) is 5.91 Å². The van der Waals surface area contributed by atoms with Crippen LogP contribution in [0, 0.1) is 0 Å². The van der Waals surface area contributed by atoms with E-state index in [1.165, 1.54) is 11.9 Å². The van der Waals surface area contributed by atoms with Crippen LogP contribution in [0.5, 0.6) is 0 Å². The summed E-state index contributed by atoms with van der Waals surface area (Å²) in [6.45, 7) is -0.346. The summed E-state index contributed by atoms with van der Waals surface area (Å²) >= 11 is 1.65. The van der Waals surface area contributed by atoms with Crippen LogP contribution in [0.2, 0.25) is 0 Å². The molecule has 4 nitrogen and oxygen atoms in total. The average Bonchev–Trinajstić information content (AvgIpc) is 2.63. The van der Waals surface area contributed by atoms with Gasteiger partial charge < -0.3 is 5.32 Å². The Hall–Kier alpha value is -2.06. The van der Waals surface area contributed by atoms with Gasteiger partial charge in [0.05, 0.1) is 6.54 Å². The van der Waals surface area contributed by atoms with Crippen molar-refractivity contribution in [1.29, 1.82) is 0 Å². The van der Waals surface area contributed by atoms with E-state index in [1.807, 2.05) is 30.5 Å². The molecule has 2 rings (SSSR count). The van der Waals surface area contributed by atoms with E-state index >= 15 is 0 Å². The summed E-state index contributed by atoms with van der Waals surface area (Å²) < 4.78 is 36.7. The van der Waals surface area contributed by atoms with Crippen molar-refractivity contribution in [3.8, 4) is 0 Å². The summed E-state index contributed by atoms with van der Waals surface area (Å²) in [4.78, 5) is 18.4. The van der Waals surface area contributed by atoms with Crippen LogP contribution in [0.4, 0.5) is 13.2 Å². The number of carbonyl (C=O) groups excluding carboxylic acids is 1. The lowest BCUT2D eigenvalue weighted by atomic mass is 10.2. The van der Waals surface area contributed by atoms with Crippen LogP contribution in [0.3, 0.4) is 0 Å². The first-order valence-electron chi connectivity index (χ1n) is 8.49. The Morgan fingerprint density at radius 3 is 2.59 bits per heavy atom. The minimum absolute atomic E-state index is 0.225. The van der Waals surface area contributed by atoms with E-state index in [1.54, 1.807) is 30.1 Å². The molecule has 0 bridgehead atoms. The van der Waals surface area contributed by atoms with Crippen LogP contribution in [-0.4, -0.2) is 48.6 Å². The van der Waals surface area contributed by atoms with Crippen LogP contribution in [0.15, 0.2) is 53.7 Å². The summed E-state index contributed by atoms with van der Waals surface area (Å²) in [7, 11) is 1.41. The molecule has 0 aliphatic carbocycles. The second-order valence-corrected chi connectivity index (χ2v) is 7.19. The molecule has 0 saturated heterocycles. The molecule has 0 atom stereocenters. The number of benzene rings is 1. The first kappa shape index (κ1) is 21.2. The average molecular weight is 397 g/mol. The normalized spacial score (nSPS) is 11.6. The minimum atomic E-state index is -4.20. The molecular formula is C19H22F3N3OS. The largest absolute Gasteiger partial charge is 0.401 e. The topological polar surface area (TPSA) is 45.2 Å². The Labute approximate surface area is 161 Å². The zero-order chi connectivity index (χ0) is 19.7. The van der Waals surface area contributed by atoms with Crippen LogP contribution in [-0.2, 0) is 5.75 Å². The van der Waals surface area contributed by atoms with Crippen molar-refractivity contribution in [2.24, 2.45) is 0 Å². The summed E-state index contributed by atoms with van der Waals surface area (Å²) in [5.41, 5.74) is 1.66. The van der Waals surface area contributed by atoms with Gasteiger partial charge in [0.2, 0.25) is 0 Å². The van der Waals surface area contributed by atoms with E-state index in [-0.39, 0.29) is 12.5 Å². The first-order valence-corrected chi connectivity index (χ1v) is 9.47. The molecule has 0 unspecified atom stereocenters. The highest BCUT2D eigenvalue weighted by Crippen LogP contribution is 2.22. The second kappa shape index (κ2) is 10.3. The maximum absolute atomic E-state index is 12.2. The molecule has 1 N–H and O–H groups in total. The molecule has 1 amide bonds. The molecule has 0 radical (unpaired) electrons. The van der Waals surface area contributed by atoms with Crippen molar-refractivity contribution >= 4 is 17.7 Å². The van der Waals surface area contributed by atoms with Gasteiger partial charge in [-0.15, -0.1) is 11.8 Å². The second-order valence-electron chi connectivity index (χ2n) is 6.14. The molecule has 0 aliphatic rings. The maximum Gasteiger partial charge on any atom is 0.401 e. The number of nitrogens with one attached hydrogen (secondary N) is 1. The van der Waals surface area contributed by atoms with Crippen molar-refractivity contribution in [1.82, 2.24) is 15.2 Å². The highest BCUT2D eigenvalue weighted by atomic mass is 32.2. The van der Waals surface area contributed by atoms with Crippen LogP contribution >= 0.6 is 11.8 Å². The molecule has 0 aliphatic heterocycles. The van der Waals surface area contributed by atoms with E-state index in [2.05, 4.69) is 10.3 Å². The standard InChI is InChI=1S/C19H22F3N3OS/c1-25(14-19(20,21)22)11-3-10-24-18(26)16-5-7-17(8-6-16)27-13-15-4-2-9-23-12-15/h2,4-9,12H,3,10-11,13-14H2,1H3,(H,24,26). The van der Waals surface area contributed by atoms with Crippen LogP contribution in [0.25, 0.3) is 0 Å². The molecule has 27 heavy (non-hydrogen) atoms. The number of hydrogen-bond acceptors (Lipinski definition) is 4.